The number of hydrogen-bond donors (Lipinski definition) is 4. The fourth-order valence-electron chi connectivity index (χ4n) is 4.25. The summed E-state index contributed by atoms with van der Waals surface area (Å²) in [7, 11) is 0. The highest BCUT2D eigenvalue weighted by molar-refractivity contribution is 7.99. The van der Waals surface area contributed by atoms with E-state index in [9.17, 15) is 19.5 Å². The zero-order chi connectivity index (χ0) is 23.4. The molecule has 3 heterocycles. The van der Waals surface area contributed by atoms with Crippen LogP contribution in [0.15, 0.2) is 45.6 Å². The first-order chi connectivity index (χ1) is 15.9. The van der Waals surface area contributed by atoms with Crippen LogP contribution in [0, 0.1) is 6.92 Å². The number of nitrogens with one attached hydrogen (secondary N) is 3. The first kappa shape index (κ1) is 23.0. The zero-order valence-electron chi connectivity index (χ0n) is 18.4. The van der Waals surface area contributed by atoms with Crippen LogP contribution in [0.25, 0.3) is 10.9 Å². The van der Waals surface area contributed by atoms with Gasteiger partial charge in [-0.2, -0.15) is 11.8 Å². The van der Waals surface area contributed by atoms with Crippen LogP contribution in [0.1, 0.15) is 41.3 Å². The Morgan fingerprint density at radius 2 is 1.88 bits per heavy atom. The van der Waals surface area contributed by atoms with Crippen LogP contribution < -0.4 is 16.1 Å². The highest BCUT2D eigenvalue weighted by Gasteiger charge is 2.41. The van der Waals surface area contributed by atoms with Crippen molar-refractivity contribution in [2.24, 2.45) is 0 Å². The van der Waals surface area contributed by atoms with Gasteiger partial charge in [-0.3, -0.25) is 14.4 Å². The monoisotopic (exact) mass is 469 g/mol. The summed E-state index contributed by atoms with van der Waals surface area (Å²) in [6, 6.07) is 10.7. The van der Waals surface area contributed by atoms with E-state index in [1.54, 1.807) is 24.8 Å². The Bertz CT molecular complexity index is 1190. The molecule has 0 bridgehead atoms. The lowest BCUT2D eigenvalue weighted by Crippen LogP contribution is -2.40. The highest BCUT2D eigenvalue weighted by atomic mass is 32.2. The second-order valence-corrected chi connectivity index (χ2v) is 9.57. The molecule has 0 aliphatic carbocycles. The van der Waals surface area contributed by atoms with Crippen LogP contribution in [0.4, 0.5) is 0 Å². The van der Waals surface area contributed by atoms with Gasteiger partial charge < -0.3 is 25.1 Å². The van der Waals surface area contributed by atoms with Crippen molar-refractivity contribution in [3.63, 3.8) is 0 Å². The van der Waals surface area contributed by atoms with Crippen LogP contribution in [-0.4, -0.2) is 46.5 Å². The number of thioether (sulfide) groups is 1. The number of aromatic amines is 1. The zero-order valence-corrected chi connectivity index (χ0v) is 19.2. The molecule has 4 N–H and O–H groups in total. The Morgan fingerprint density at radius 3 is 2.64 bits per heavy atom. The number of hydrogen-bond acceptors (Lipinski definition) is 6. The second-order valence-electron chi connectivity index (χ2n) is 8.34. The maximum Gasteiger partial charge on any atom is 0.267 e. The van der Waals surface area contributed by atoms with E-state index >= 15 is 0 Å². The van der Waals surface area contributed by atoms with Gasteiger partial charge in [0.1, 0.15) is 11.5 Å². The van der Waals surface area contributed by atoms with Crippen molar-refractivity contribution in [2.75, 3.05) is 24.6 Å². The first-order valence-corrected chi connectivity index (χ1v) is 12.1. The van der Waals surface area contributed by atoms with Gasteiger partial charge in [-0.1, -0.05) is 18.2 Å². The molecule has 0 atom stereocenters. The molecule has 1 fully saturated rings. The van der Waals surface area contributed by atoms with Crippen LogP contribution >= 0.6 is 11.8 Å². The van der Waals surface area contributed by atoms with E-state index in [2.05, 4.69) is 15.6 Å². The molecule has 0 unspecified atom stereocenters. The van der Waals surface area contributed by atoms with E-state index in [1.807, 2.05) is 24.3 Å². The Morgan fingerprint density at radius 1 is 1.15 bits per heavy atom. The van der Waals surface area contributed by atoms with Crippen LogP contribution in [0.2, 0.25) is 0 Å². The smallest absolute Gasteiger partial charge is 0.267 e. The molecule has 0 spiro atoms. The van der Waals surface area contributed by atoms with Gasteiger partial charge in [-0.25, -0.2) is 0 Å². The molecule has 174 valence electrons. The summed E-state index contributed by atoms with van der Waals surface area (Å²) in [5.41, 5.74) is 0.133. The predicted octanol–water partition coefficient (Wildman–Crippen LogP) is 2.84. The summed E-state index contributed by atoms with van der Waals surface area (Å²) in [4.78, 5) is 40.3. The summed E-state index contributed by atoms with van der Waals surface area (Å²) in [6.45, 7) is 2.19. The van der Waals surface area contributed by atoms with Crippen molar-refractivity contribution in [2.45, 2.75) is 31.6 Å². The normalized spacial score (nSPS) is 15.3. The number of aromatic nitrogens is 1. The number of H-pyrrole nitrogens is 1. The minimum Gasteiger partial charge on any atom is -0.502 e. The van der Waals surface area contributed by atoms with E-state index < -0.39 is 16.6 Å². The molecule has 2 amide bonds. The largest absolute Gasteiger partial charge is 0.502 e. The van der Waals surface area contributed by atoms with Crippen molar-refractivity contribution < 1.29 is 19.1 Å². The van der Waals surface area contributed by atoms with Gasteiger partial charge in [0, 0.05) is 41.9 Å². The molecule has 9 heteroatoms. The number of aromatic hydroxyl groups is 1. The molecule has 33 heavy (non-hydrogen) atoms. The number of para-hydroxylation sites is 1. The third kappa shape index (κ3) is 5.08. The first-order valence-electron chi connectivity index (χ1n) is 10.9. The van der Waals surface area contributed by atoms with Crippen molar-refractivity contribution in [1.82, 2.24) is 15.6 Å². The van der Waals surface area contributed by atoms with E-state index in [4.69, 9.17) is 4.42 Å². The van der Waals surface area contributed by atoms with Crippen molar-refractivity contribution in [3.8, 4) is 5.75 Å². The Balaban J connectivity index is 1.35. The lowest BCUT2D eigenvalue weighted by Gasteiger charge is -2.35. The highest BCUT2D eigenvalue weighted by Crippen LogP contribution is 2.43. The van der Waals surface area contributed by atoms with E-state index in [0.29, 0.717) is 24.3 Å². The molecule has 4 rings (SSSR count). The average molecular weight is 470 g/mol. The van der Waals surface area contributed by atoms with Crippen LogP contribution in [0.5, 0.6) is 5.75 Å². The van der Waals surface area contributed by atoms with Gasteiger partial charge in [-0.05, 0) is 43.4 Å². The van der Waals surface area contributed by atoms with E-state index in [1.165, 1.54) is 6.07 Å². The maximum absolute atomic E-state index is 12.8. The fraction of sp³-hybridized carbons (Fsp3) is 0.375. The molecule has 1 aliphatic rings. The van der Waals surface area contributed by atoms with Gasteiger partial charge in [0.25, 0.3) is 5.91 Å². The fourth-order valence-corrected chi connectivity index (χ4v) is 5.52. The molecule has 1 aromatic carbocycles. The molecule has 1 saturated heterocycles. The Labute approximate surface area is 195 Å². The Hall–Kier alpha value is -3.20. The molecular formula is C24H27N3O5S. The quantitative estimate of drug-likeness (QED) is 0.395. The molecule has 0 saturated carbocycles. The predicted molar refractivity (Wildman–Crippen MR) is 128 cm³/mol. The van der Waals surface area contributed by atoms with E-state index in [0.717, 1.165) is 22.4 Å². The van der Waals surface area contributed by atoms with Gasteiger partial charge in [0.15, 0.2) is 5.76 Å². The third-order valence-electron chi connectivity index (χ3n) is 5.98. The SMILES string of the molecule is Cc1cc(=O)c(O)c(C2(CC(=O)NCCNC(=O)c3cc4ccccc4[nH]3)CCSCC2)o1. The number of carbonyl (C=O) groups excluding carboxylic acids is 2. The lowest BCUT2D eigenvalue weighted by atomic mass is 9.75. The standard InChI is InChI=1S/C24H27N3O5S/c1-15-12-19(28)21(30)22(32-15)24(6-10-33-11-7-24)14-20(29)25-8-9-26-23(31)18-13-16-4-2-3-5-17(16)27-18/h2-5,12-13,27,30H,6-11,14H2,1H3,(H,25,29)(H,26,31). The number of carbonyl (C=O) groups is 2. The lowest BCUT2D eigenvalue weighted by molar-refractivity contribution is -0.122. The molecule has 0 radical (unpaired) electrons. The number of aryl methyl sites for hydroxylation is 1. The average Bonchev–Trinajstić information content (AvgIpc) is 3.24. The van der Waals surface area contributed by atoms with Gasteiger partial charge in [-0.15, -0.1) is 0 Å². The van der Waals surface area contributed by atoms with Crippen molar-refractivity contribution in [3.05, 3.63) is 63.8 Å². The molecule has 8 nitrogen and oxygen atoms in total. The third-order valence-corrected chi connectivity index (χ3v) is 6.97. The summed E-state index contributed by atoms with van der Waals surface area (Å²) in [5, 5.41) is 17.0. The van der Waals surface area contributed by atoms with Crippen LogP contribution in [0.3, 0.4) is 0 Å². The minimum absolute atomic E-state index is 0.101. The minimum atomic E-state index is -0.724. The summed E-state index contributed by atoms with van der Waals surface area (Å²) >= 11 is 1.77. The molecule has 3 aromatic rings. The molecule has 1 aliphatic heterocycles. The van der Waals surface area contributed by atoms with Crippen molar-refractivity contribution >= 4 is 34.5 Å². The number of amides is 2. The summed E-state index contributed by atoms with van der Waals surface area (Å²) < 4.78 is 5.76. The number of rotatable bonds is 7. The maximum atomic E-state index is 12.8. The molecule has 2 aromatic heterocycles. The second kappa shape index (κ2) is 9.74. The van der Waals surface area contributed by atoms with E-state index in [-0.39, 0.29) is 37.1 Å². The Kier molecular flexibility index (Phi) is 6.78. The van der Waals surface area contributed by atoms with Crippen molar-refractivity contribution in [1.29, 1.82) is 0 Å². The number of fused-ring (bicyclic) bond motifs is 1. The topological polar surface area (TPSA) is 124 Å². The molecular weight excluding hydrogens is 442 g/mol. The number of benzene rings is 1. The summed E-state index contributed by atoms with van der Waals surface area (Å²) in [6.07, 6.45) is 1.35. The van der Waals surface area contributed by atoms with Crippen LogP contribution in [-0.2, 0) is 10.2 Å². The van der Waals surface area contributed by atoms with Gasteiger partial charge in [0.05, 0.1) is 0 Å². The van der Waals surface area contributed by atoms with Gasteiger partial charge >= 0.3 is 0 Å². The summed E-state index contributed by atoms with van der Waals surface area (Å²) in [5.74, 6) is 1.36. The van der Waals surface area contributed by atoms with Gasteiger partial charge in [0.2, 0.25) is 17.1 Å².